The summed E-state index contributed by atoms with van der Waals surface area (Å²) in [6.45, 7) is 4.24. The third kappa shape index (κ3) is 3.15. The molecule has 0 radical (unpaired) electrons. The highest BCUT2D eigenvalue weighted by molar-refractivity contribution is 6.31. The summed E-state index contributed by atoms with van der Waals surface area (Å²) in [6, 6.07) is 4.70. The first kappa shape index (κ1) is 16.5. The van der Waals surface area contributed by atoms with Gasteiger partial charge in [-0.3, -0.25) is 9.59 Å². The molecular weight excluding hydrogens is 304 g/mol. The van der Waals surface area contributed by atoms with Crippen molar-refractivity contribution in [3.05, 3.63) is 45.2 Å². The van der Waals surface area contributed by atoms with Crippen LogP contribution in [-0.4, -0.2) is 28.2 Å². The molecule has 2 aromatic rings. The smallest absolute Gasteiger partial charge is 0.257 e. The Morgan fingerprint density at radius 1 is 1.41 bits per heavy atom. The molecule has 1 atom stereocenters. The van der Waals surface area contributed by atoms with Crippen LogP contribution in [0.1, 0.15) is 30.6 Å². The molecule has 2 N–H and O–H groups in total. The number of carbonyl (C=O) groups is 1. The maximum absolute atomic E-state index is 12.6. The van der Waals surface area contributed by atoms with Crippen molar-refractivity contribution in [3.8, 4) is 0 Å². The standard InChI is InChI=1S/C16H19ClN2O3/c1-3-11(9-20)18-16(22)13-8-19(4-2)14-6-5-10(17)7-12(14)15(13)21/h5-8,11,20H,3-4,9H2,1-2H3,(H,18,22). The topological polar surface area (TPSA) is 71.3 Å². The number of fused-ring (bicyclic) bond motifs is 1. The Hall–Kier alpha value is -1.85. The van der Waals surface area contributed by atoms with E-state index in [1.807, 2.05) is 18.4 Å². The van der Waals surface area contributed by atoms with Gasteiger partial charge >= 0.3 is 0 Å². The molecule has 0 fully saturated rings. The summed E-state index contributed by atoms with van der Waals surface area (Å²) in [5.41, 5.74) is 0.443. The van der Waals surface area contributed by atoms with Gasteiger partial charge in [-0.2, -0.15) is 0 Å². The molecule has 2 rings (SSSR count). The fourth-order valence-corrected chi connectivity index (χ4v) is 2.51. The first-order valence-electron chi connectivity index (χ1n) is 7.26. The van der Waals surface area contributed by atoms with E-state index in [2.05, 4.69) is 5.32 Å². The molecule has 1 heterocycles. The lowest BCUT2D eigenvalue weighted by Gasteiger charge is -2.15. The highest BCUT2D eigenvalue weighted by atomic mass is 35.5. The second kappa shape index (κ2) is 6.94. The summed E-state index contributed by atoms with van der Waals surface area (Å²) in [6.07, 6.45) is 2.14. The van der Waals surface area contributed by atoms with E-state index in [0.29, 0.717) is 23.4 Å². The number of hydrogen-bond acceptors (Lipinski definition) is 3. The predicted molar refractivity (Wildman–Crippen MR) is 87.5 cm³/mol. The highest BCUT2D eigenvalue weighted by Gasteiger charge is 2.17. The van der Waals surface area contributed by atoms with Gasteiger partial charge in [0.05, 0.1) is 18.2 Å². The lowest BCUT2D eigenvalue weighted by atomic mass is 10.1. The van der Waals surface area contributed by atoms with Crippen molar-refractivity contribution < 1.29 is 9.90 Å². The summed E-state index contributed by atoms with van der Waals surface area (Å²) in [5.74, 6) is -0.477. The van der Waals surface area contributed by atoms with Crippen LogP contribution in [0.5, 0.6) is 0 Å². The summed E-state index contributed by atoms with van der Waals surface area (Å²) in [4.78, 5) is 24.9. The molecule has 1 amide bonds. The molecule has 5 nitrogen and oxygen atoms in total. The van der Waals surface area contributed by atoms with Crippen LogP contribution in [-0.2, 0) is 6.54 Å². The number of nitrogens with one attached hydrogen (secondary N) is 1. The van der Waals surface area contributed by atoms with E-state index in [1.54, 1.807) is 24.4 Å². The molecule has 0 saturated carbocycles. The van der Waals surface area contributed by atoms with E-state index >= 15 is 0 Å². The Labute approximate surface area is 133 Å². The number of rotatable bonds is 5. The van der Waals surface area contributed by atoms with Crippen molar-refractivity contribution in [2.75, 3.05) is 6.61 Å². The van der Waals surface area contributed by atoms with E-state index in [9.17, 15) is 14.7 Å². The Kier molecular flexibility index (Phi) is 5.21. The zero-order valence-electron chi connectivity index (χ0n) is 12.6. The molecule has 6 heteroatoms. The van der Waals surface area contributed by atoms with Crippen LogP contribution in [0.2, 0.25) is 5.02 Å². The van der Waals surface area contributed by atoms with Crippen LogP contribution in [0.25, 0.3) is 10.9 Å². The van der Waals surface area contributed by atoms with Gasteiger partial charge in [-0.15, -0.1) is 0 Å². The van der Waals surface area contributed by atoms with Gasteiger partial charge in [-0.25, -0.2) is 0 Å². The van der Waals surface area contributed by atoms with Gasteiger partial charge in [0.15, 0.2) is 0 Å². The molecular formula is C16H19ClN2O3. The van der Waals surface area contributed by atoms with Gasteiger partial charge in [0.1, 0.15) is 5.56 Å². The summed E-state index contributed by atoms with van der Waals surface area (Å²) in [5, 5.41) is 12.7. The van der Waals surface area contributed by atoms with Gasteiger partial charge in [-0.05, 0) is 31.5 Å². The molecule has 1 aromatic heterocycles. The number of pyridine rings is 1. The largest absolute Gasteiger partial charge is 0.394 e. The minimum Gasteiger partial charge on any atom is -0.394 e. The van der Waals surface area contributed by atoms with Crippen molar-refractivity contribution >= 4 is 28.4 Å². The predicted octanol–water partition coefficient (Wildman–Crippen LogP) is 2.18. The molecule has 1 unspecified atom stereocenters. The Morgan fingerprint density at radius 3 is 2.73 bits per heavy atom. The number of aliphatic hydroxyl groups excluding tert-OH is 1. The number of aryl methyl sites for hydroxylation is 1. The van der Waals surface area contributed by atoms with Crippen molar-refractivity contribution in [2.45, 2.75) is 32.9 Å². The molecule has 118 valence electrons. The van der Waals surface area contributed by atoms with Crippen LogP contribution < -0.4 is 10.7 Å². The highest BCUT2D eigenvalue weighted by Crippen LogP contribution is 2.17. The Morgan fingerprint density at radius 2 is 2.14 bits per heavy atom. The number of halogens is 1. The molecule has 0 spiro atoms. The molecule has 1 aromatic carbocycles. The molecule has 0 aliphatic carbocycles. The number of benzene rings is 1. The van der Waals surface area contributed by atoms with E-state index < -0.39 is 5.91 Å². The molecule has 22 heavy (non-hydrogen) atoms. The maximum Gasteiger partial charge on any atom is 0.257 e. The Balaban J connectivity index is 2.57. The molecule has 0 aliphatic heterocycles. The SMILES string of the molecule is CCC(CO)NC(=O)c1cn(CC)c2ccc(Cl)cc2c1=O. The van der Waals surface area contributed by atoms with Crippen molar-refractivity contribution in [3.63, 3.8) is 0 Å². The number of amides is 1. The Bertz CT molecular complexity index is 751. The van der Waals surface area contributed by atoms with Crippen LogP contribution in [0, 0.1) is 0 Å². The van der Waals surface area contributed by atoms with E-state index in [0.717, 1.165) is 5.52 Å². The van der Waals surface area contributed by atoms with Crippen LogP contribution >= 0.6 is 11.6 Å². The van der Waals surface area contributed by atoms with Crippen LogP contribution in [0.15, 0.2) is 29.2 Å². The third-order valence-corrected chi connectivity index (χ3v) is 3.91. The van der Waals surface area contributed by atoms with Gasteiger partial charge in [0.25, 0.3) is 5.91 Å². The minimum absolute atomic E-state index is 0.0588. The lowest BCUT2D eigenvalue weighted by Crippen LogP contribution is -2.39. The quantitative estimate of drug-likeness (QED) is 0.886. The number of aromatic nitrogens is 1. The molecule has 0 saturated heterocycles. The fourth-order valence-electron chi connectivity index (χ4n) is 2.33. The molecule has 0 bridgehead atoms. The van der Waals surface area contributed by atoms with E-state index in [-0.39, 0.29) is 23.6 Å². The summed E-state index contributed by atoms with van der Waals surface area (Å²) >= 11 is 5.97. The number of hydrogen-bond donors (Lipinski definition) is 2. The second-order valence-corrected chi connectivity index (χ2v) is 5.52. The third-order valence-electron chi connectivity index (χ3n) is 3.68. The summed E-state index contributed by atoms with van der Waals surface area (Å²) in [7, 11) is 0. The van der Waals surface area contributed by atoms with Crippen molar-refractivity contribution in [1.82, 2.24) is 9.88 Å². The monoisotopic (exact) mass is 322 g/mol. The molecule has 0 aliphatic rings. The summed E-state index contributed by atoms with van der Waals surface area (Å²) < 4.78 is 1.84. The fraction of sp³-hybridized carbons (Fsp3) is 0.375. The minimum atomic E-state index is -0.477. The van der Waals surface area contributed by atoms with E-state index in [1.165, 1.54) is 0 Å². The van der Waals surface area contributed by atoms with E-state index in [4.69, 9.17) is 11.6 Å². The maximum atomic E-state index is 12.6. The van der Waals surface area contributed by atoms with Gasteiger partial charge in [0.2, 0.25) is 5.43 Å². The average Bonchev–Trinajstić information content (AvgIpc) is 2.53. The van der Waals surface area contributed by atoms with Gasteiger partial charge in [-0.1, -0.05) is 18.5 Å². The average molecular weight is 323 g/mol. The first-order chi connectivity index (χ1) is 10.5. The first-order valence-corrected chi connectivity index (χ1v) is 7.64. The second-order valence-electron chi connectivity index (χ2n) is 5.08. The zero-order chi connectivity index (χ0) is 16.3. The van der Waals surface area contributed by atoms with Gasteiger partial charge in [0, 0.05) is 23.2 Å². The number of nitrogens with zero attached hydrogens (tertiary/aromatic N) is 1. The number of carbonyl (C=O) groups excluding carboxylic acids is 1. The van der Waals surface area contributed by atoms with Crippen molar-refractivity contribution in [1.29, 1.82) is 0 Å². The lowest BCUT2D eigenvalue weighted by molar-refractivity contribution is 0.0913. The van der Waals surface area contributed by atoms with Crippen LogP contribution in [0.3, 0.4) is 0 Å². The van der Waals surface area contributed by atoms with Crippen LogP contribution in [0.4, 0.5) is 0 Å². The zero-order valence-corrected chi connectivity index (χ0v) is 13.4. The van der Waals surface area contributed by atoms with Gasteiger partial charge < -0.3 is 15.0 Å². The van der Waals surface area contributed by atoms with Crippen molar-refractivity contribution in [2.24, 2.45) is 0 Å². The normalized spacial score (nSPS) is 12.4. The number of aliphatic hydroxyl groups is 1.